The topological polar surface area (TPSA) is 101 Å². The van der Waals surface area contributed by atoms with Crippen molar-refractivity contribution in [2.75, 3.05) is 5.32 Å². The average molecular weight is 394 g/mol. The lowest BCUT2D eigenvalue weighted by atomic mass is 10.1. The summed E-state index contributed by atoms with van der Waals surface area (Å²) in [6, 6.07) is 10.1. The number of carbonyl (C=O) groups excluding carboxylic acids is 2. The first-order chi connectivity index (χ1) is 12.2. The molecular formula is C17H13Cl2N3O4. The number of hydrogen-bond acceptors (Lipinski definition) is 4. The minimum Gasteiger partial charge on any atom is -0.322 e. The molecule has 26 heavy (non-hydrogen) atoms. The fourth-order valence-corrected chi connectivity index (χ4v) is 2.59. The van der Waals surface area contributed by atoms with E-state index in [0.717, 1.165) is 0 Å². The highest BCUT2D eigenvalue weighted by atomic mass is 35.5. The Hall–Kier alpha value is -2.90. The van der Waals surface area contributed by atoms with Gasteiger partial charge in [0.05, 0.1) is 4.92 Å². The molecular weight excluding hydrogens is 381 g/mol. The zero-order valence-corrected chi connectivity index (χ0v) is 15.0. The molecule has 0 saturated carbocycles. The molecule has 0 aromatic heterocycles. The average Bonchev–Trinajstić information content (AvgIpc) is 2.53. The van der Waals surface area contributed by atoms with E-state index in [0.29, 0.717) is 21.3 Å². The van der Waals surface area contributed by atoms with Gasteiger partial charge in [0.1, 0.15) is 5.70 Å². The smallest absolute Gasteiger partial charge is 0.272 e. The molecule has 0 fully saturated rings. The summed E-state index contributed by atoms with van der Waals surface area (Å²) in [4.78, 5) is 34.2. The van der Waals surface area contributed by atoms with Gasteiger partial charge in [-0.05, 0) is 29.8 Å². The zero-order chi connectivity index (χ0) is 19.3. The first-order valence-electron chi connectivity index (χ1n) is 7.26. The van der Waals surface area contributed by atoms with E-state index in [-0.39, 0.29) is 11.4 Å². The number of nitro groups is 1. The number of amides is 2. The molecule has 2 aromatic carbocycles. The summed E-state index contributed by atoms with van der Waals surface area (Å²) in [6.45, 7) is 1.24. The SMILES string of the molecule is CC(=O)NC(=Cc1cccc([N+](=O)[O-])c1)C(=O)Nc1cc(Cl)cc(Cl)c1. The Bertz CT molecular complexity index is 892. The van der Waals surface area contributed by atoms with Crippen LogP contribution < -0.4 is 10.6 Å². The van der Waals surface area contributed by atoms with Gasteiger partial charge in [0.2, 0.25) is 5.91 Å². The summed E-state index contributed by atoms with van der Waals surface area (Å²) < 4.78 is 0. The predicted octanol–water partition coefficient (Wildman–Crippen LogP) is 4.02. The van der Waals surface area contributed by atoms with Crippen molar-refractivity contribution in [3.05, 3.63) is 73.9 Å². The molecule has 134 valence electrons. The van der Waals surface area contributed by atoms with E-state index in [1.54, 1.807) is 6.07 Å². The van der Waals surface area contributed by atoms with Crippen LogP contribution in [0.25, 0.3) is 6.08 Å². The molecule has 2 rings (SSSR count). The van der Waals surface area contributed by atoms with Crippen molar-refractivity contribution >= 4 is 52.5 Å². The van der Waals surface area contributed by atoms with Crippen LogP contribution in [0.15, 0.2) is 48.2 Å². The third-order valence-corrected chi connectivity index (χ3v) is 3.50. The van der Waals surface area contributed by atoms with Crippen LogP contribution in [0.3, 0.4) is 0 Å². The fourth-order valence-electron chi connectivity index (χ4n) is 2.07. The van der Waals surface area contributed by atoms with E-state index in [2.05, 4.69) is 10.6 Å². The van der Waals surface area contributed by atoms with Crippen LogP contribution in [0.5, 0.6) is 0 Å². The van der Waals surface area contributed by atoms with Gasteiger partial charge in [-0.3, -0.25) is 19.7 Å². The molecule has 0 bridgehead atoms. The molecule has 0 unspecified atom stereocenters. The van der Waals surface area contributed by atoms with Crippen molar-refractivity contribution < 1.29 is 14.5 Å². The van der Waals surface area contributed by atoms with Gasteiger partial charge >= 0.3 is 0 Å². The Morgan fingerprint density at radius 3 is 2.35 bits per heavy atom. The molecule has 0 atom stereocenters. The second-order valence-corrected chi connectivity index (χ2v) is 6.08. The normalized spacial score (nSPS) is 11.0. The van der Waals surface area contributed by atoms with Crippen molar-refractivity contribution in [1.29, 1.82) is 0 Å². The van der Waals surface area contributed by atoms with Gasteiger partial charge in [-0.2, -0.15) is 0 Å². The number of nitrogens with zero attached hydrogens (tertiary/aromatic N) is 1. The highest BCUT2D eigenvalue weighted by molar-refractivity contribution is 6.35. The number of hydrogen-bond donors (Lipinski definition) is 2. The molecule has 0 spiro atoms. The van der Waals surface area contributed by atoms with E-state index in [9.17, 15) is 19.7 Å². The molecule has 0 aliphatic heterocycles. The number of halogens is 2. The first-order valence-corrected chi connectivity index (χ1v) is 8.01. The second kappa shape index (κ2) is 8.46. The maximum Gasteiger partial charge on any atom is 0.272 e. The molecule has 0 radical (unpaired) electrons. The van der Waals surface area contributed by atoms with Gasteiger partial charge in [0.25, 0.3) is 11.6 Å². The lowest BCUT2D eigenvalue weighted by Gasteiger charge is -2.10. The first kappa shape index (κ1) is 19.4. The number of nitrogens with one attached hydrogen (secondary N) is 2. The van der Waals surface area contributed by atoms with Crippen LogP contribution in [-0.2, 0) is 9.59 Å². The van der Waals surface area contributed by atoms with Gasteiger partial charge < -0.3 is 10.6 Å². The Balaban J connectivity index is 2.33. The lowest BCUT2D eigenvalue weighted by molar-refractivity contribution is -0.384. The van der Waals surface area contributed by atoms with Crippen LogP contribution in [0.1, 0.15) is 12.5 Å². The monoisotopic (exact) mass is 393 g/mol. The van der Waals surface area contributed by atoms with Crippen molar-refractivity contribution in [3.8, 4) is 0 Å². The Kier molecular flexibility index (Phi) is 6.32. The maximum atomic E-state index is 12.5. The van der Waals surface area contributed by atoms with Gasteiger partial charge in [-0.25, -0.2) is 0 Å². The number of rotatable bonds is 5. The van der Waals surface area contributed by atoms with Crippen LogP contribution >= 0.6 is 23.2 Å². The van der Waals surface area contributed by atoms with E-state index in [4.69, 9.17) is 23.2 Å². The number of non-ortho nitro benzene ring substituents is 1. The molecule has 2 aromatic rings. The molecule has 2 N–H and O–H groups in total. The fraction of sp³-hybridized carbons (Fsp3) is 0.0588. The minimum absolute atomic E-state index is 0.0888. The molecule has 0 aliphatic carbocycles. The lowest BCUT2D eigenvalue weighted by Crippen LogP contribution is -2.28. The molecule has 0 aliphatic rings. The standard InChI is InChI=1S/C17H13Cl2N3O4/c1-10(23)20-16(6-11-3-2-4-15(5-11)22(25)26)17(24)21-14-8-12(18)7-13(19)9-14/h2-9H,1H3,(H,20,23)(H,21,24). The zero-order valence-electron chi connectivity index (χ0n) is 13.5. The third-order valence-electron chi connectivity index (χ3n) is 3.07. The van der Waals surface area contributed by atoms with Crippen molar-refractivity contribution in [2.45, 2.75) is 6.92 Å². The van der Waals surface area contributed by atoms with Crippen LogP contribution in [0, 0.1) is 10.1 Å². The van der Waals surface area contributed by atoms with E-state index < -0.39 is 16.7 Å². The summed E-state index contributed by atoms with van der Waals surface area (Å²) in [5.74, 6) is -1.11. The molecule has 0 saturated heterocycles. The molecule has 7 nitrogen and oxygen atoms in total. The van der Waals surface area contributed by atoms with E-state index >= 15 is 0 Å². The summed E-state index contributed by atoms with van der Waals surface area (Å²) in [6.07, 6.45) is 1.33. The Labute approximate surface area is 158 Å². The van der Waals surface area contributed by atoms with Crippen LogP contribution in [-0.4, -0.2) is 16.7 Å². The van der Waals surface area contributed by atoms with E-state index in [1.807, 2.05) is 0 Å². The van der Waals surface area contributed by atoms with Gasteiger partial charge in [0.15, 0.2) is 0 Å². The minimum atomic E-state index is -0.634. The molecule has 9 heteroatoms. The summed E-state index contributed by atoms with van der Waals surface area (Å²) in [7, 11) is 0. The van der Waals surface area contributed by atoms with Gasteiger partial charge in [-0.15, -0.1) is 0 Å². The predicted molar refractivity (Wildman–Crippen MR) is 100.0 cm³/mol. The summed E-state index contributed by atoms with van der Waals surface area (Å²) in [5, 5.41) is 16.5. The van der Waals surface area contributed by atoms with Crippen molar-refractivity contribution in [1.82, 2.24) is 5.32 Å². The number of benzene rings is 2. The maximum absolute atomic E-state index is 12.5. The van der Waals surface area contributed by atoms with Gasteiger partial charge in [0, 0.05) is 34.8 Å². The van der Waals surface area contributed by atoms with E-state index in [1.165, 1.54) is 49.4 Å². The largest absolute Gasteiger partial charge is 0.322 e. The number of carbonyl (C=O) groups is 2. The quantitative estimate of drug-likeness (QED) is 0.454. The molecule has 2 amide bonds. The highest BCUT2D eigenvalue weighted by Gasteiger charge is 2.13. The van der Waals surface area contributed by atoms with Gasteiger partial charge in [-0.1, -0.05) is 35.3 Å². The highest BCUT2D eigenvalue weighted by Crippen LogP contribution is 2.23. The summed E-state index contributed by atoms with van der Waals surface area (Å²) in [5.41, 5.74) is 0.488. The second-order valence-electron chi connectivity index (χ2n) is 5.20. The summed E-state index contributed by atoms with van der Waals surface area (Å²) >= 11 is 11.8. The number of nitro benzene ring substituents is 1. The Morgan fingerprint density at radius 1 is 1.12 bits per heavy atom. The molecule has 0 heterocycles. The van der Waals surface area contributed by atoms with Crippen LogP contribution in [0.2, 0.25) is 10.0 Å². The van der Waals surface area contributed by atoms with Crippen molar-refractivity contribution in [3.63, 3.8) is 0 Å². The Morgan fingerprint density at radius 2 is 1.77 bits per heavy atom. The number of anilines is 1. The van der Waals surface area contributed by atoms with Crippen molar-refractivity contribution in [2.24, 2.45) is 0 Å². The third kappa shape index (κ3) is 5.58. The van der Waals surface area contributed by atoms with Crippen LogP contribution in [0.4, 0.5) is 11.4 Å².